The molecule has 2 heterocycles. The molecule has 0 spiro atoms. The van der Waals surface area contributed by atoms with Crippen molar-refractivity contribution in [3.8, 4) is 0 Å². The lowest BCUT2D eigenvalue weighted by atomic mass is 9.97. The molecule has 3 atom stereocenters. The third-order valence-corrected chi connectivity index (χ3v) is 5.33. The summed E-state index contributed by atoms with van der Waals surface area (Å²) in [6.07, 6.45) is 6.95. The first-order valence-electron chi connectivity index (χ1n) is 8.81. The molecule has 2 aromatic rings. The van der Waals surface area contributed by atoms with E-state index in [1.807, 2.05) is 4.90 Å². The minimum Gasteiger partial charge on any atom is -0.383 e. The molecule has 7 heteroatoms. The van der Waals surface area contributed by atoms with E-state index in [1.54, 1.807) is 42.7 Å². The Morgan fingerprint density at radius 2 is 2.04 bits per heavy atom. The molecule has 1 saturated heterocycles. The van der Waals surface area contributed by atoms with Crippen LogP contribution in [0.5, 0.6) is 0 Å². The summed E-state index contributed by atoms with van der Waals surface area (Å²) in [6.45, 7) is 1.03. The van der Waals surface area contributed by atoms with E-state index in [2.05, 4.69) is 9.97 Å². The lowest BCUT2D eigenvalue weighted by Gasteiger charge is -2.27. The van der Waals surface area contributed by atoms with Gasteiger partial charge in [0.25, 0.3) is 0 Å². The van der Waals surface area contributed by atoms with Crippen LogP contribution in [0.15, 0.2) is 42.9 Å². The van der Waals surface area contributed by atoms with Gasteiger partial charge in [-0.1, -0.05) is 0 Å². The third-order valence-electron chi connectivity index (χ3n) is 5.33. The van der Waals surface area contributed by atoms with Crippen molar-refractivity contribution >= 4 is 11.7 Å². The number of rotatable bonds is 5. The zero-order chi connectivity index (χ0) is 18.1. The van der Waals surface area contributed by atoms with Gasteiger partial charge in [0.2, 0.25) is 0 Å². The SMILES string of the molecule is COCCN1C(=O)N(c2ccc(F)cc2)[C@@H]2[C@H](c3cnccn3)CC[C@@H]21. The number of methoxy groups -OCH3 is 1. The van der Waals surface area contributed by atoms with E-state index < -0.39 is 0 Å². The van der Waals surface area contributed by atoms with Gasteiger partial charge in [-0.15, -0.1) is 0 Å². The molecule has 2 fully saturated rings. The third kappa shape index (κ3) is 2.82. The van der Waals surface area contributed by atoms with Crippen LogP contribution in [-0.2, 0) is 4.74 Å². The Labute approximate surface area is 151 Å². The summed E-state index contributed by atoms with van der Waals surface area (Å²) in [5.41, 5.74) is 1.61. The Morgan fingerprint density at radius 3 is 2.73 bits per heavy atom. The molecule has 4 rings (SSSR count). The number of carbonyl (C=O) groups is 1. The Bertz CT molecular complexity index is 771. The highest BCUT2D eigenvalue weighted by molar-refractivity contribution is 5.96. The van der Waals surface area contributed by atoms with Gasteiger partial charge in [-0.25, -0.2) is 9.18 Å². The van der Waals surface area contributed by atoms with Crippen LogP contribution in [0.25, 0.3) is 0 Å². The lowest BCUT2D eigenvalue weighted by molar-refractivity contribution is 0.146. The highest BCUT2D eigenvalue weighted by atomic mass is 19.1. The van der Waals surface area contributed by atoms with Gasteiger partial charge in [-0.2, -0.15) is 0 Å². The van der Waals surface area contributed by atoms with Crippen LogP contribution in [0.2, 0.25) is 0 Å². The predicted octanol–water partition coefficient (Wildman–Crippen LogP) is 2.82. The van der Waals surface area contributed by atoms with Crippen LogP contribution in [0.1, 0.15) is 24.5 Å². The number of nitrogens with zero attached hydrogens (tertiary/aromatic N) is 4. The maximum absolute atomic E-state index is 13.4. The van der Waals surface area contributed by atoms with E-state index in [-0.39, 0.29) is 29.8 Å². The fourth-order valence-electron chi connectivity index (χ4n) is 4.22. The van der Waals surface area contributed by atoms with Crippen molar-refractivity contribution in [1.82, 2.24) is 14.9 Å². The second-order valence-electron chi connectivity index (χ2n) is 6.69. The summed E-state index contributed by atoms with van der Waals surface area (Å²) >= 11 is 0. The van der Waals surface area contributed by atoms with Gasteiger partial charge in [0.05, 0.1) is 24.4 Å². The molecule has 1 aliphatic heterocycles. The molecule has 1 aromatic carbocycles. The minimum absolute atomic E-state index is 0.0403. The maximum atomic E-state index is 13.4. The standard InChI is InChI=1S/C19H21FN4O2/c1-26-11-10-23-17-7-6-15(16-12-21-8-9-22-16)18(17)24(19(23)25)14-4-2-13(20)3-5-14/h2-5,8-9,12,15,17-18H,6-7,10-11H2,1H3/t15-,17-,18+/m0/s1. The second-order valence-corrected chi connectivity index (χ2v) is 6.69. The molecule has 0 bridgehead atoms. The van der Waals surface area contributed by atoms with Gasteiger partial charge in [0.1, 0.15) is 5.82 Å². The normalized spacial score (nSPS) is 25.0. The Hall–Kier alpha value is -2.54. The quantitative estimate of drug-likeness (QED) is 0.827. The van der Waals surface area contributed by atoms with Gasteiger partial charge in [0.15, 0.2) is 0 Å². The summed E-state index contributed by atoms with van der Waals surface area (Å²) in [5, 5.41) is 0. The van der Waals surface area contributed by atoms with Crippen molar-refractivity contribution in [2.75, 3.05) is 25.2 Å². The summed E-state index contributed by atoms with van der Waals surface area (Å²) < 4.78 is 18.6. The monoisotopic (exact) mass is 356 g/mol. The number of ether oxygens (including phenoxy) is 1. The summed E-state index contributed by atoms with van der Waals surface area (Å²) in [7, 11) is 1.63. The van der Waals surface area contributed by atoms with Gasteiger partial charge < -0.3 is 9.64 Å². The van der Waals surface area contributed by atoms with Crippen molar-refractivity contribution in [2.45, 2.75) is 30.8 Å². The Balaban J connectivity index is 1.72. The zero-order valence-corrected chi connectivity index (χ0v) is 14.6. The van der Waals surface area contributed by atoms with Gasteiger partial charge in [-0.3, -0.25) is 14.9 Å². The molecule has 26 heavy (non-hydrogen) atoms. The highest BCUT2D eigenvalue weighted by Gasteiger charge is 2.53. The summed E-state index contributed by atoms with van der Waals surface area (Å²) in [5.74, 6) is -0.208. The minimum atomic E-state index is -0.315. The van der Waals surface area contributed by atoms with Gasteiger partial charge in [-0.05, 0) is 37.1 Å². The first-order valence-corrected chi connectivity index (χ1v) is 8.81. The number of fused-ring (bicyclic) bond motifs is 1. The molecule has 136 valence electrons. The summed E-state index contributed by atoms with van der Waals surface area (Å²) in [4.78, 5) is 25.5. The molecular weight excluding hydrogens is 335 g/mol. The van der Waals surface area contributed by atoms with E-state index in [9.17, 15) is 9.18 Å². The number of anilines is 1. The number of amides is 2. The predicted molar refractivity (Wildman–Crippen MR) is 94.4 cm³/mol. The van der Waals surface area contributed by atoms with E-state index in [1.165, 1.54) is 12.1 Å². The van der Waals surface area contributed by atoms with Crippen LogP contribution in [-0.4, -0.2) is 53.2 Å². The maximum Gasteiger partial charge on any atom is 0.325 e. The smallest absolute Gasteiger partial charge is 0.325 e. The first kappa shape index (κ1) is 16.9. The Morgan fingerprint density at radius 1 is 1.23 bits per heavy atom. The van der Waals surface area contributed by atoms with Gasteiger partial charge in [0, 0.05) is 43.9 Å². The van der Waals surface area contributed by atoms with Crippen molar-refractivity contribution in [1.29, 1.82) is 0 Å². The molecule has 0 N–H and O–H groups in total. The lowest BCUT2D eigenvalue weighted by Crippen LogP contribution is -2.38. The second kappa shape index (κ2) is 6.99. The fourth-order valence-corrected chi connectivity index (χ4v) is 4.22. The van der Waals surface area contributed by atoms with E-state index >= 15 is 0 Å². The van der Waals surface area contributed by atoms with Crippen LogP contribution in [0.3, 0.4) is 0 Å². The van der Waals surface area contributed by atoms with Crippen LogP contribution in [0.4, 0.5) is 14.9 Å². The summed E-state index contributed by atoms with van der Waals surface area (Å²) in [6, 6.07) is 6.10. The number of aromatic nitrogens is 2. The molecule has 1 saturated carbocycles. The Kier molecular flexibility index (Phi) is 4.55. The van der Waals surface area contributed by atoms with Crippen molar-refractivity contribution < 1.29 is 13.9 Å². The average Bonchev–Trinajstić information content (AvgIpc) is 3.19. The zero-order valence-electron chi connectivity index (χ0n) is 14.6. The first-order chi connectivity index (χ1) is 12.7. The van der Waals surface area contributed by atoms with Crippen molar-refractivity contribution in [3.05, 3.63) is 54.4 Å². The molecule has 0 radical (unpaired) electrons. The van der Waals surface area contributed by atoms with E-state index in [0.29, 0.717) is 18.8 Å². The van der Waals surface area contributed by atoms with Gasteiger partial charge >= 0.3 is 6.03 Å². The molecule has 2 amide bonds. The van der Waals surface area contributed by atoms with E-state index in [4.69, 9.17) is 4.74 Å². The number of carbonyl (C=O) groups excluding carboxylic acids is 1. The largest absolute Gasteiger partial charge is 0.383 e. The number of halogens is 1. The molecular formula is C19H21FN4O2. The fraction of sp³-hybridized carbons (Fsp3) is 0.421. The average molecular weight is 356 g/mol. The van der Waals surface area contributed by atoms with Crippen molar-refractivity contribution in [3.63, 3.8) is 0 Å². The molecule has 0 unspecified atom stereocenters. The molecule has 6 nitrogen and oxygen atoms in total. The van der Waals surface area contributed by atoms with Crippen LogP contribution >= 0.6 is 0 Å². The molecule has 1 aliphatic carbocycles. The number of hydrogen-bond acceptors (Lipinski definition) is 4. The molecule has 1 aromatic heterocycles. The highest BCUT2D eigenvalue weighted by Crippen LogP contribution is 2.45. The van der Waals surface area contributed by atoms with Crippen molar-refractivity contribution in [2.24, 2.45) is 0 Å². The number of benzene rings is 1. The molecule has 2 aliphatic rings. The van der Waals surface area contributed by atoms with Crippen LogP contribution in [0, 0.1) is 5.82 Å². The number of hydrogen-bond donors (Lipinski definition) is 0. The topological polar surface area (TPSA) is 58.6 Å². The van der Waals surface area contributed by atoms with E-state index in [0.717, 1.165) is 18.5 Å². The number of urea groups is 1. The van der Waals surface area contributed by atoms with Crippen LogP contribution < -0.4 is 4.90 Å².